The Hall–Kier alpha value is -1.67. The van der Waals surface area contributed by atoms with Crippen LogP contribution in [0, 0.1) is 0 Å². The van der Waals surface area contributed by atoms with Crippen molar-refractivity contribution in [2.24, 2.45) is 0 Å². The first-order valence-electron chi connectivity index (χ1n) is 6.92. The van der Waals surface area contributed by atoms with Gasteiger partial charge in [-0.3, -0.25) is 14.5 Å². The van der Waals surface area contributed by atoms with E-state index in [0.29, 0.717) is 26.1 Å². The number of imide groups is 1. The average molecular weight is 299 g/mol. The van der Waals surface area contributed by atoms with E-state index in [1.54, 1.807) is 7.05 Å². The second-order valence-electron chi connectivity index (χ2n) is 5.71. The van der Waals surface area contributed by atoms with Gasteiger partial charge in [-0.25, -0.2) is 4.79 Å². The Morgan fingerprint density at radius 2 is 2.00 bits per heavy atom. The van der Waals surface area contributed by atoms with Crippen molar-refractivity contribution in [2.75, 3.05) is 46.9 Å². The van der Waals surface area contributed by atoms with Crippen molar-refractivity contribution in [3.63, 3.8) is 0 Å². The molecule has 21 heavy (non-hydrogen) atoms. The fourth-order valence-corrected chi connectivity index (χ4v) is 2.52. The molecule has 4 amide bonds. The van der Waals surface area contributed by atoms with Crippen molar-refractivity contribution >= 4 is 17.8 Å². The average Bonchev–Trinajstić information content (AvgIpc) is 2.65. The molecule has 8 heteroatoms. The SMILES string of the molecule is CN(CC1(O)CCOCC1)C(=O)CN1C(=O)CN(C)C1=O. The number of hydrogen-bond acceptors (Lipinski definition) is 5. The van der Waals surface area contributed by atoms with Crippen LogP contribution >= 0.6 is 0 Å². The van der Waals surface area contributed by atoms with E-state index in [9.17, 15) is 19.5 Å². The van der Waals surface area contributed by atoms with Gasteiger partial charge in [0.15, 0.2) is 0 Å². The van der Waals surface area contributed by atoms with Gasteiger partial charge < -0.3 is 19.6 Å². The van der Waals surface area contributed by atoms with Crippen molar-refractivity contribution in [3.05, 3.63) is 0 Å². The number of ether oxygens (including phenoxy) is 1. The molecule has 0 saturated carbocycles. The van der Waals surface area contributed by atoms with E-state index < -0.39 is 11.6 Å². The van der Waals surface area contributed by atoms with Crippen molar-refractivity contribution in [2.45, 2.75) is 18.4 Å². The third-order valence-corrected chi connectivity index (χ3v) is 3.91. The maximum Gasteiger partial charge on any atom is 0.327 e. The van der Waals surface area contributed by atoms with Crippen LogP contribution in [0.15, 0.2) is 0 Å². The summed E-state index contributed by atoms with van der Waals surface area (Å²) in [5.41, 5.74) is -0.960. The number of rotatable bonds is 4. The highest BCUT2D eigenvalue weighted by Crippen LogP contribution is 2.21. The quantitative estimate of drug-likeness (QED) is 0.664. The summed E-state index contributed by atoms with van der Waals surface area (Å²) in [6, 6.07) is -0.466. The predicted molar refractivity (Wildman–Crippen MR) is 72.4 cm³/mol. The van der Waals surface area contributed by atoms with Gasteiger partial charge in [0.25, 0.3) is 5.91 Å². The number of likely N-dealkylation sites (N-methyl/N-ethyl adjacent to an activating group) is 2. The Morgan fingerprint density at radius 1 is 1.38 bits per heavy atom. The fourth-order valence-electron chi connectivity index (χ4n) is 2.52. The molecular formula is C13H21N3O5. The molecule has 2 fully saturated rings. The minimum absolute atomic E-state index is 0.00287. The number of carbonyl (C=O) groups excluding carboxylic acids is 3. The molecule has 0 aromatic carbocycles. The first kappa shape index (κ1) is 15.7. The van der Waals surface area contributed by atoms with Crippen LogP contribution in [-0.4, -0.2) is 90.2 Å². The molecule has 2 heterocycles. The predicted octanol–water partition coefficient (Wildman–Crippen LogP) is -1.12. The summed E-state index contributed by atoms with van der Waals surface area (Å²) in [4.78, 5) is 39.1. The number of carbonyl (C=O) groups is 3. The summed E-state index contributed by atoms with van der Waals surface area (Å²) in [6.07, 6.45) is 0.934. The normalized spacial score (nSPS) is 21.9. The Labute approximate surface area is 123 Å². The summed E-state index contributed by atoms with van der Waals surface area (Å²) in [5.74, 6) is -0.749. The Balaban J connectivity index is 1.90. The van der Waals surface area contributed by atoms with Crippen molar-refractivity contribution in [3.8, 4) is 0 Å². The molecule has 118 valence electrons. The minimum atomic E-state index is -0.960. The van der Waals surface area contributed by atoms with Crippen molar-refractivity contribution in [1.29, 1.82) is 0 Å². The van der Waals surface area contributed by atoms with E-state index in [1.165, 1.54) is 16.8 Å². The smallest absolute Gasteiger partial charge is 0.327 e. The van der Waals surface area contributed by atoms with E-state index in [0.717, 1.165) is 4.90 Å². The van der Waals surface area contributed by atoms with Gasteiger partial charge in [-0.2, -0.15) is 0 Å². The lowest BCUT2D eigenvalue weighted by atomic mass is 9.94. The van der Waals surface area contributed by atoms with Crippen molar-refractivity contribution in [1.82, 2.24) is 14.7 Å². The highest BCUT2D eigenvalue weighted by Gasteiger charge is 2.37. The van der Waals surface area contributed by atoms with Gasteiger partial charge in [0.1, 0.15) is 13.1 Å². The number of hydrogen-bond donors (Lipinski definition) is 1. The standard InChI is InChI=1S/C13H21N3O5/c1-14-7-11(18)16(12(14)19)8-10(17)15(2)9-13(20)3-5-21-6-4-13/h20H,3-9H2,1-2H3. The summed E-state index contributed by atoms with van der Waals surface area (Å²) in [6.45, 7) is 0.808. The zero-order chi connectivity index (χ0) is 15.6. The van der Waals surface area contributed by atoms with Crippen LogP contribution in [0.4, 0.5) is 4.79 Å². The zero-order valence-corrected chi connectivity index (χ0v) is 12.4. The van der Waals surface area contributed by atoms with Gasteiger partial charge in [-0.1, -0.05) is 0 Å². The molecule has 0 aliphatic carbocycles. The first-order chi connectivity index (χ1) is 9.82. The van der Waals surface area contributed by atoms with E-state index in [-0.39, 0.29) is 31.4 Å². The van der Waals surface area contributed by atoms with Crippen LogP contribution in [0.3, 0.4) is 0 Å². The molecule has 8 nitrogen and oxygen atoms in total. The van der Waals surface area contributed by atoms with Gasteiger partial charge in [-0.15, -0.1) is 0 Å². The summed E-state index contributed by atoms with van der Waals surface area (Å²) >= 11 is 0. The van der Waals surface area contributed by atoms with Crippen LogP contribution in [0.5, 0.6) is 0 Å². The largest absolute Gasteiger partial charge is 0.388 e. The molecule has 0 unspecified atom stereocenters. The number of nitrogens with zero attached hydrogens (tertiary/aromatic N) is 3. The molecule has 0 radical (unpaired) electrons. The van der Waals surface area contributed by atoms with Crippen LogP contribution in [0.2, 0.25) is 0 Å². The Bertz CT molecular complexity index is 447. The van der Waals surface area contributed by atoms with Gasteiger partial charge in [0, 0.05) is 46.7 Å². The van der Waals surface area contributed by atoms with Crippen LogP contribution in [-0.2, 0) is 14.3 Å². The molecule has 2 aliphatic rings. The Kier molecular flexibility index (Phi) is 4.48. The summed E-state index contributed by atoms with van der Waals surface area (Å²) in [7, 11) is 3.07. The van der Waals surface area contributed by atoms with Gasteiger partial charge in [-0.05, 0) is 0 Å². The topological polar surface area (TPSA) is 90.4 Å². The highest BCUT2D eigenvalue weighted by molar-refractivity contribution is 6.04. The Morgan fingerprint density at radius 3 is 2.52 bits per heavy atom. The lowest BCUT2D eigenvalue weighted by Gasteiger charge is -2.35. The third-order valence-electron chi connectivity index (χ3n) is 3.91. The van der Waals surface area contributed by atoms with Crippen LogP contribution in [0.1, 0.15) is 12.8 Å². The van der Waals surface area contributed by atoms with E-state index >= 15 is 0 Å². The second-order valence-corrected chi connectivity index (χ2v) is 5.71. The second kappa shape index (κ2) is 5.98. The first-order valence-corrected chi connectivity index (χ1v) is 6.92. The third kappa shape index (κ3) is 3.51. The molecule has 1 N–H and O–H groups in total. The number of aliphatic hydroxyl groups is 1. The number of urea groups is 1. The maximum absolute atomic E-state index is 12.1. The van der Waals surface area contributed by atoms with Gasteiger partial charge in [0.05, 0.1) is 5.60 Å². The highest BCUT2D eigenvalue weighted by atomic mass is 16.5. The molecule has 0 bridgehead atoms. The molecule has 0 aromatic rings. The molecule has 2 aliphatic heterocycles. The fraction of sp³-hybridized carbons (Fsp3) is 0.769. The maximum atomic E-state index is 12.1. The lowest BCUT2D eigenvalue weighted by Crippen LogP contribution is -2.50. The van der Waals surface area contributed by atoms with Gasteiger partial charge in [0.2, 0.25) is 5.91 Å². The lowest BCUT2D eigenvalue weighted by molar-refractivity contribution is -0.140. The summed E-state index contributed by atoms with van der Waals surface area (Å²) in [5, 5.41) is 10.4. The summed E-state index contributed by atoms with van der Waals surface area (Å²) < 4.78 is 5.19. The molecule has 0 spiro atoms. The van der Waals surface area contributed by atoms with E-state index in [4.69, 9.17) is 4.74 Å². The molecule has 0 aromatic heterocycles. The number of amides is 4. The van der Waals surface area contributed by atoms with E-state index in [2.05, 4.69) is 0 Å². The van der Waals surface area contributed by atoms with Crippen LogP contribution in [0.25, 0.3) is 0 Å². The van der Waals surface area contributed by atoms with Crippen LogP contribution < -0.4 is 0 Å². The molecular weight excluding hydrogens is 278 g/mol. The van der Waals surface area contributed by atoms with E-state index in [1.807, 2.05) is 0 Å². The monoisotopic (exact) mass is 299 g/mol. The minimum Gasteiger partial charge on any atom is -0.388 e. The molecule has 2 saturated heterocycles. The van der Waals surface area contributed by atoms with Gasteiger partial charge >= 0.3 is 6.03 Å². The zero-order valence-electron chi connectivity index (χ0n) is 12.4. The van der Waals surface area contributed by atoms with Crippen molar-refractivity contribution < 1.29 is 24.2 Å². The molecule has 2 rings (SSSR count). The molecule has 0 atom stereocenters.